The van der Waals surface area contributed by atoms with Gasteiger partial charge in [0.1, 0.15) is 0 Å². The van der Waals surface area contributed by atoms with E-state index in [2.05, 4.69) is 31.0 Å². The van der Waals surface area contributed by atoms with Crippen LogP contribution in [0.4, 0.5) is 0 Å². The zero-order chi connectivity index (χ0) is 13.3. The first-order chi connectivity index (χ1) is 8.50. The van der Waals surface area contributed by atoms with Gasteiger partial charge in [0, 0.05) is 21.6 Å². The first-order valence-electron chi connectivity index (χ1n) is 5.94. The number of pyridine rings is 1. The average molecular weight is 278 g/mol. The van der Waals surface area contributed by atoms with Gasteiger partial charge in [0.15, 0.2) is 0 Å². The van der Waals surface area contributed by atoms with E-state index in [1.807, 2.05) is 19.1 Å². The third-order valence-electron chi connectivity index (χ3n) is 3.14. The van der Waals surface area contributed by atoms with Gasteiger partial charge < -0.3 is 4.98 Å². The molecule has 1 heterocycles. The molecule has 1 nitrogen and oxygen atoms in total. The first kappa shape index (κ1) is 13.3. The summed E-state index contributed by atoms with van der Waals surface area (Å²) in [5, 5.41) is 1.92. The molecule has 0 amide bonds. The van der Waals surface area contributed by atoms with Crippen LogP contribution in [0.1, 0.15) is 23.7 Å². The number of aryl methyl sites for hydroxylation is 2. The lowest BCUT2D eigenvalue weighted by Crippen LogP contribution is -1.96. The third-order valence-corrected chi connectivity index (χ3v) is 3.76. The molecule has 0 saturated heterocycles. The minimum atomic E-state index is 0.778. The highest BCUT2D eigenvalue weighted by molar-refractivity contribution is 7.71. The SMILES string of the molecule is C/C(Cl)=C\Cc1c(C)[nH]c2c(C)cccc2c1=S. The largest absolute Gasteiger partial charge is 0.358 e. The summed E-state index contributed by atoms with van der Waals surface area (Å²) in [7, 11) is 0. The van der Waals surface area contributed by atoms with Gasteiger partial charge in [-0.2, -0.15) is 0 Å². The minimum Gasteiger partial charge on any atom is -0.358 e. The second-order valence-corrected chi connectivity index (χ2v) is 5.55. The number of halogens is 1. The van der Waals surface area contributed by atoms with Crippen molar-refractivity contribution in [3.8, 4) is 0 Å². The van der Waals surface area contributed by atoms with E-state index in [4.69, 9.17) is 23.8 Å². The van der Waals surface area contributed by atoms with E-state index < -0.39 is 0 Å². The molecule has 1 N–H and O–H groups in total. The van der Waals surface area contributed by atoms with E-state index in [1.54, 1.807) is 0 Å². The predicted molar refractivity (Wildman–Crippen MR) is 81.9 cm³/mol. The lowest BCUT2D eigenvalue weighted by atomic mass is 10.0. The second-order valence-electron chi connectivity index (χ2n) is 4.55. The van der Waals surface area contributed by atoms with Gasteiger partial charge in [-0.25, -0.2) is 0 Å². The number of allylic oxidation sites excluding steroid dienone is 2. The number of para-hydroxylation sites is 1. The fourth-order valence-corrected chi connectivity index (χ4v) is 2.59. The van der Waals surface area contributed by atoms with Crippen LogP contribution >= 0.6 is 23.8 Å². The average Bonchev–Trinajstić information content (AvgIpc) is 2.30. The van der Waals surface area contributed by atoms with Crippen LogP contribution in [0.25, 0.3) is 10.9 Å². The van der Waals surface area contributed by atoms with Gasteiger partial charge in [0.25, 0.3) is 0 Å². The van der Waals surface area contributed by atoms with Gasteiger partial charge in [-0.05, 0) is 38.3 Å². The van der Waals surface area contributed by atoms with Crippen molar-refractivity contribution < 1.29 is 0 Å². The summed E-state index contributed by atoms with van der Waals surface area (Å²) >= 11 is 11.5. The van der Waals surface area contributed by atoms with E-state index in [0.29, 0.717) is 0 Å². The van der Waals surface area contributed by atoms with Crippen LogP contribution in [-0.4, -0.2) is 4.98 Å². The van der Waals surface area contributed by atoms with Crippen molar-refractivity contribution in [1.82, 2.24) is 4.98 Å². The molecule has 2 aromatic rings. The van der Waals surface area contributed by atoms with Crippen LogP contribution in [0.15, 0.2) is 29.3 Å². The molecule has 2 rings (SSSR count). The van der Waals surface area contributed by atoms with Gasteiger partial charge in [0.05, 0.1) is 4.51 Å². The molecule has 0 aliphatic rings. The molecular formula is C15H16ClNS. The maximum Gasteiger partial charge on any atom is 0.0522 e. The topological polar surface area (TPSA) is 15.8 Å². The summed E-state index contributed by atoms with van der Waals surface area (Å²) in [6.45, 7) is 6.04. The minimum absolute atomic E-state index is 0.778. The number of hydrogen-bond acceptors (Lipinski definition) is 1. The second kappa shape index (κ2) is 5.25. The molecule has 0 unspecified atom stereocenters. The Hall–Kier alpha value is -1.12. The van der Waals surface area contributed by atoms with Gasteiger partial charge >= 0.3 is 0 Å². The van der Waals surface area contributed by atoms with E-state index in [9.17, 15) is 0 Å². The van der Waals surface area contributed by atoms with Gasteiger partial charge in [0.2, 0.25) is 0 Å². The maximum atomic E-state index is 5.89. The third kappa shape index (κ3) is 2.50. The van der Waals surface area contributed by atoms with Crippen molar-refractivity contribution in [2.75, 3.05) is 0 Å². The zero-order valence-corrected chi connectivity index (χ0v) is 12.4. The molecule has 0 spiro atoms. The Labute approximate surface area is 117 Å². The van der Waals surface area contributed by atoms with E-state index in [1.165, 1.54) is 5.56 Å². The summed E-state index contributed by atoms with van der Waals surface area (Å²) in [5.74, 6) is 0. The van der Waals surface area contributed by atoms with E-state index in [0.717, 1.165) is 38.1 Å². The molecule has 0 fully saturated rings. The molecule has 0 radical (unpaired) electrons. The molecule has 3 heteroatoms. The zero-order valence-electron chi connectivity index (χ0n) is 10.8. The number of hydrogen-bond donors (Lipinski definition) is 1. The standard InChI is InChI=1S/C15H16ClNS/c1-9-5-4-6-13-14(9)17-11(3)12(15(13)18)8-7-10(2)16/h4-7H,8H2,1-3H3,(H,17,18)/b10-7+. The number of benzene rings is 1. The van der Waals surface area contributed by atoms with E-state index in [-0.39, 0.29) is 0 Å². The quantitative estimate of drug-likeness (QED) is 0.746. The highest BCUT2D eigenvalue weighted by atomic mass is 35.5. The Morgan fingerprint density at radius 1 is 1.39 bits per heavy atom. The first-order valence-corrected chi connectivity index (χ1v) is 6.72. The van der Waals surface area contributed by atoms with Gasteiger partial charge in [-0.1, -0.05) is 48.1 Å². The molecule has 0 atom stereocenters. The number of H-pyrrole nitrogens is 1. The molecule has 0 bridgehead atoms. The molecule has 1 aromatic carbocycles. The molecular weight excluding hydrogens is 262 g/mol. The summed E-state index contributed by atoms with van der Waals surface area (Å²) in [5.41, 5.74) is 4.63. The van der Waals surface area contributed by atoms with E-state index >= 15 is 0 Å². The summed E-state index contributed by atoms with van der Waals surface area (Å²) in [6, 6.07) is 6.21. The Morgan fingerprint density at radius 3 is 2.78 bits per heavy atom. The van der Waals surface area contributed by atoms with Crippen molar-refractivity contribution in [3.05, 3.63) is 50.6 Å². The lowest BCUT2D eigenvalue weighted by Gasteiger charge is -2.10. The Bertz CT molecular complexity index is 679. The molecule has 0 aliphatic heterocycles. The van der Waals surface area contributed by atoms with Crippen LogP contribution < -0.4 is 0 Å². The smallest absolute Gasteiger partial charge is 0.0522 e. The molecule has 0 aliphatic carbocycles. The normalized spacial score (nSPS) is 12.1. The maximum absolute atomic E-state index is 5.89. The van der Waals surface area contributed by atoms with Crippen molar-refractivity contribution in [1.29, 1.82) is 0 Å². The number of aromatic nitrogens is 1. The van der Waals surface area contributed by atoms with Crippen molar-refractivity contribution in [2.45, 2.75) is 27.2 Å². The Balaban J connectivity index is 2.70. The number of aromatic amines is 1. The highest BCUT2D eigenvalue weighted by Gasteiger charge is 2.06. The van der Waals surface area contributed by atoms with Gasteiger partial charge in [-0.3, -0.25) is 0 Å². The van der Waals surface area contributed by atoms with Crippen molar-refractivity contribution in [3.63, 3.8) is 0 Å². The Kier molecular flexibility index (Phi) is 3.88. The van der Waals surface area contributed by atoms with Gasteiger partial charge in [-0.15, -0.1) is 0 Å². The monoisotopic (exact) mass is 277 g/mol. The van der Waals surface area contributed by atoms with Crippen molar-refractivity contribution >= 4 is 34.7 Å². The number of fused-ring (bicyclic) bond motifs is 1. The van der Waals surface area contributed by atoms with Crippen LogP contribution in [0.3, 0.4) is 0 Å². The highest BCUT2D eigenvalue weighted by Crippen LogP contribution is 2.23. The summed E-state index contributed by atoms with van der Waals surface area (Å²) < 4.78 is 0.930. The summed E-state index contributed by atoms with van der Waals surface area (Å²) in [4.78, 5) is 3.45. The predicted octanol–water partition coefficient (Wildman–Crippen LogP) is 5.20. The fourth-order valence-electron chi connectivity index (χ4n) is 2.11. The summed E-state index contributed by atoms with van der Waals surface area (Å²) in [6.07, 6.45) is 2.77. The number of nitrogens with one attached hydrogen (secondary N) is 1. The Morgan fingerprint density at radius 2 is 2.11 bits per heavy atom. The molecule has 1 aromatic heterocycles. The molecule has 18 heavy (non-hydrogen) atoms. The molecule has 94 valence electrons. The molecule has 0 saturated carbocycles. The van der Waals surface area contributed by atoms with Crippen LogP contribution in [-0.2, 0) is 6.42 Å². The number of rotatable bonds is 2. The van der Waals surface area contributed by atoms with Crippen LogP contribution in [0, 0.1) is 18.4 Å². The fraction of sp³-hybridized carbons (Fsp3) is 0.267. The van der Waals surface area contributed by atoms with Crippen LogP contribution in [0.2, 0.25) is 0 Å². The van der Waals surface area contributed by atoms with Crippen molar-refractivity contribution in [2.24, 2.45) is 0 Å². The van der Waals surface area contributed by atoms with Crippen LogP contribution in [0.5, 0.6) is 0 Å². The lowest BCUT2D eigenvalue weighted by molar-refractivity contribution is 1.12.